The van der Waals surface area contributed by atoms with Crippen LogP contribution in [0.1, 0.15) is 19.8 Å². The van der Waals surface area contributed by atoms with Crippen LogP contribution in [0.3, 0.4) is 0 Å². The molecule has 0 unspecified atom stereocenters. The summed E-state index contributed by atoms with van der Waals surface area (Å²) in [6.07, 6.45) is -3.24. The fourth-order valence-electron chi connectivity index (χ4n) is 1.06. The molecule has 6 heteroatoms. The highest BCUT2D eigenvalue weighted by atomic mass is 19.4. The summed E-state index contributed by atoms with van der Waals surface area (Å²) in [5.74, 6) is -1.02. The van der Waals surface area contributed by atoms with E-state index in [2.05, 4.69) is 0 Å². The number of halogens is 3. The van der Waals surface area contributed by atoms with Crippen LogP contribution in [0.25, 0.3) is 0 Å². The molecule has 0 aliphatic rings. The predicted molar refractivity (Wildman–Crippen MR) is 54.2 cm³/mol. The minimum absolute atomic E-state index is 0.128. The molecule has 0 saturated heterocycles. The van der Waals surface area contributed by atoms with Crippen LogP contribution in [0.2, 0.25) is 0 Å². The molecule has 0 aromatic carbocycles. The third-order valence-electron chi connectivity index (χ3n) is 2.08. The average Bonchev–Trinajstić information content (AvgIpc) is 2.14. The first-order chi connectivity index (χ1) is 7.26. The van der Waals surface area contributed by atoms with E-state index in [0.29, 0.717) is 6.42 Å². The normalized spacial score (nSPS) is 13.2. The van der Waals surface area contributed by atoms with Crippen molar-refractivity contribution >= 4 is 5.97 Å². The van der Waals surface area contributed by atoms with Gasteiger partial charge in [-0.3, -0.25) is 0 Å². The molecule has 3 nitrogen and oxygen atoms in total. The Morgan fingerprint density at radius 3 is 2.38 bits per heavy atom. The Morgan fingerprint density at radius 2 is 2.00 bits per heavy atom. The zero-order chi connectivity index (χ0) is 12.8. The summed E-state index contributed by atoms with van der Waals surface area (Å²) in [6, 6.07) is 0. The van der Waals surface area contributed by atoms with E-state index in [1.807, 2.05) is 0 Å². The molecule has 0 heterocycles. The maximum absolute atomic E-state index is 11.9. The van der Waals surface area contributed by atoms with Crippen LogP contribution in [0, 0.1) is 0 Å². The van der Waals surface area contributed by atoms with Crippen LogP contribution in [0.5, 0.6) is 0 Å². The van der Waals surface area contributed by atoms with Crippen LogP contribution in [0.4, 0.5) is 13.2 Å². The van der Waals surface area contributed by atoms with Gasteiger partial charge >= 0.3 is 12.1 Å². The quantitative estimate of drug-likeness (QED) is 0.723. The molecule has 0 bridgehead atoms. The summed E-state index contributed by atoms with van der Waals surface area (Å²) in [5, 5.41) is 8.68. The average molecular weight is 239 g/mol. The number of hydrogen-bond acceptors (Lipinski definition) is 2. The van der Waals surface area contributed by atoms with E-state index in [-0.39, 0.29) is 18.7 Å². The lowest BCUT2D eigenvalue weighted by Crippen LogP contribution is -2.25. The summed E-state index contributed by atoms with van der Waals surface area (Å²) in [6.45, 7) is 1.78. The van der Waals surface area contributed by atoms with Gasteiger partial charge in [0, 0.05) is 18.7 Å². The number of rotatable bonds is 6. The lowest BCUT2D eigenvalue weighted by molar-refractivity contribution is -0.137. The molecule has 0 radical (unpaired) electrons. The predicted octanol–water partition coefficient (Wildman–Crippen LogP) is 2.29. The van der Waals surface area contributed by atoms with Gasteiger partial charge in [0.2, 0.25) is 0 Å². The van der Waals surface area contributed by atoms with Crippen LogP contribution in [0.15, 0.2) is 11.6 Å². The molecule has 0 aliphatic carbocycles. The van der Waals surface area contributed by atoms with Gasteiger partial charge in [-0.2, -0.15) is 13.2 Å². The molecule has 0 rings (SSSR count). The van der Waals surface area contributed by atoms with E-state index in [0.717, 1.165) is 0 Å². The van der Waals surface area contributed by atoms with Crippen molar-refractivity contribution in [3.63, 3.8) is 0 Å². The Kier molecular flexibility index (Phi) is 6.10. The minimum atomic E-state index is -4.17. The van der Waals surface area contributed by atoms with Gasteiger partial charge in [0.1, 0.15) is 0 Å². The standard InChI is InChI=1S/C10H16F3NO2/c1-3-8(9(15)16)4-6-14(2)7-5-10(11,12)13/h4H,3,5-7H2,1-2H3,(H,15,16). The van der Waals surface area contributed by atoms with Gasteiger partial charge in [0.05, 0.1) is 6.42 Å². The van der Waals surface area contributed by atoms with Gasteiger partial charge < -0.3 is 10.0 Å². The number of alkyl halides is 3. The van der Waals surface area contributed by atoms with Crippen molar-refractivity contribution in [2.75, 3.05) is 20.1 Å². The zero-order valence-corrected chi connectivity index (χ0v) is 9.34. The topological polar surface area (TPSA) is 40.5 Å². The Hall–Kier alpha value is -1.04. The van der Waals surface area contributed by atoms with Crippen molar-refractivity contribution in [1.82, 2.24) is 4.90 Å². The Bertz CT molecular complexity index is 261. The second kappa shape index (κ2) is 6.52. The monoisotopic (exact) mass is 239 g/mol. The lowest BCUT2D eigenvalue weighted by atomic mass is 10.2. The Labute approximate surface area is 92.5 Å². The van der Waals surface area contributed by atoms with Crippen molar-refractivity contribution in [3.8, 4) is 0 Å². The van der Waals surface area contributed by atoms with Crippen molar-refractivity contribution in [1.29, 1.82) is 0 Å². The third kappa shape index (κ3) is 7.28. The number of carboxylic acid groups (broad SMARTS) is 1. The number of hydrogen-bond donors (Lipinski definition) is 1. The van der Waals surface area contributed by atoms with Crippen molar-refractivity contribution in [3.05, 3.63) is 11.6 Å². The Balaban J connectivity index is 4.05. The van der Waals surface area contributed by atoms with Gasteiger partial charge in [-0.1, -0.05) is 13.0 Å². The van der Waals surface area contributed by atoms with Gasteiger partial charge in [-0.05, 0) is 13.5 Å². The summed E-state index contributed by atoms with van der Waals surface area (Å²) < 4.78 is 35.6. The summed E-state index contributed by atoms with van der Waals surface area (Å²) in [7, 11) is 1.53. The number of likely N-dealkylation sites (N-methyl/N-ethyl adjacent to an activating group) is 1. The number of nitrogens with zero attached hydrogens (tertiary/aromatic N) is 1. The molecule has 0 spiro atoms. The van der Waals surface area contributed by atoms with Crippen LogP contribution in [-0.2, 0) is 4.79 Å². The van der Waals surface area contributed by atoms with Crippen molar-refractivity contribution in [2.45, 2.75) is 25.9 Å². The van der Waals surface area contributed by atoms with Crippen molar-refractivity contribution in [2.24, 2.45) is 0 Å². The van der Waals surface area contributed by atoms with E-state index in [1.54, 1.807) is 6.92 Å². The number of carbonyl (C=O) groups is 1. The molecule has 16 heavy (non-hydrogen) atoms. The highest BCUT2D eigenvalue weighted by molar-refractivity contribution is 5.86. The highest BCUT2D eigenvalue weighted by Crippen LogP contribution is 2.19. The number of aliphatic carboxylic acids is 1. The first-order valence-corrected chi connectivity index (χ1v) is 4.94. The maximum Gasteiger partial charge on any atom is 0.390 e. The summed E-state index contributed by atoms with van der Waals surface area (Å²) >= 11 is 0. The van der Waals surface area contributed by atoms with Gasteiger partial charge in [-0.25, -0.2) is 4.79 Å². The van der Waals surface area contributed by atoms with Crippen LogP contribution < -0.4 is 0 Å². The van der Waals surface area contributed by atoms with Crippen LogP contribution >= 0.6 is 0 Å². The first kappa shape index (κ1) is 15.0. The molecule has 0 aliphatic heterocycles. The molecule has 0 amide bonds. The third-order valence-corrected chi connectivity index (χ3v) is 2.08. The molecular weight excluding hydrogens is 223 g/mol. The SMILES string of the molecule is CCC(=CCN(C)CCC(F)(F)F)C(=O)O. The van der Waals surface area contributed by atoms with Gasteiger partial charge in [0.25, 0.3) is 0 Å². The maximum atomic E-state index is 11.9. The molecule has 0 fully saturated rings. The number of carboxylic acids is 1. The largest absolute Gasteiger partial charge is 0.478 e. The highest BCUT2D eigenvalue weighted by Gasteiger charge is 2.26. The van der Waals surface area contributed by atoms with E-state index >= 15 is 0 Å². The molecule has 0 aromatic rings. The smallest absolute Gasteiger partial charge is 0.390 e. The minimum Gasteiger partial charge on any atom is -0.478 e. The molecule has 0 saturated carbocycles. The van der Waals surface area contributed by atoms with Gasteiger partial charge in [0.15, 0.2) is 0 Å². The molecule has 1 N–H and O–H groups in total. The zero-order valence-electron chi connectivity index (χ0n) is 9.34. The Morgan fingerprint density at radius 1 is 1.44 bits per heavy atom. The van der Waals surface area contributed by atoms with E-state index in [4.69, 9.17) is 5.11 Å². The second-order valence-corrected chi connectivity index (χ2v) is 3.52. The fraction of sp³-hybridized carbons (Fsp3) is 0.700. The molecule has 0 aromatic heterocycles. The van der Waals surface area contributed by atoms with Crippen molar-refractivity contribution < 1.29 is 23.1 Å². The molecular formula is C10H16F3NO2. The van der Waals surface area contributed by atoms with E-state index in [9.17, 15) is 18.0 Å². The fourth-order valence-corrected chi connectivity index (χ4v) is 1.06. The first-order valence-electron chi connectivity index (χ1n) is 4.94. The second-order valence-electron chi connectivity index (χ2n) is 3.52. The summed E-state index contributed by atoms with van der Waals surface area (Å²) in [5.41, 5.74) is 0.221. The summed E-state index contributed by atoms with van der Waals surface area (Å²) in [4.78, 5) is 12.0. The molecule has 0 atom stereocenters. The van der Waals surface area contributed by atoms with Crippen LogP contribution in [-0.4, -0.2) is 42.3 Å². The lowest BCUT2D eigenvalue weighted by Gasteiger charge is -2.15. The molecule has 94 valence electrons. The van der Waals surface area contributed by atoms with E-state index in [1.165, 1.54) is 18.0 Å². The van der Waals surface area contributed by atoms with Gasteiger partial charge in [-0.15, -0.1) is 0 Å². The van der Waals surface area contributed by atoms with E-state index < -0.39 is 18.6 Å².